The van der Waals surface area contributed by atoms with E-state index < -0.39 is 17.6 Å². The van der Waals surface area contributed by atoms with Crippen molar-refractivity contribution in [1.29, 1.82) is 0 Å². The van der Waals surface area contributed by atoms with Crippen LogP contribution in [0.4, 0.5) is 36.2 Å². The number of anilines is 4. The van der Waals surface area contributed by atoms with E-state index >= 15 is 0 Å². The molecule has 0 saturated carbocycles. The Labute approximate surface area is 241 Å². The van der Waals surface area contributed by atoms with E-state index in [0.717, 1.165) is 37.7 Å². The SMILES string of the molecule is CCCN1CCN(c2ccc(NC(=O)c3cnc(C)c(Nc4nccc(-c5cccnc5)n4)c3)c(C(F)(F)F)c2)CC1. The van der Waals surface area contributed by atoms with Crippen molar-refractivity contribution in [3.63, 3.8) is 0 Å². The molecule has 1 amide bonds. The van der Waals surface area contributed by atoms with Crippen molar-refractivity contribution in [2.24, 2.45) is 0 Å². The molecule has 1 fully saturated rings. The Morgan fingerprint density at radius 3 is 2.50 bits per heavy atom. The van der Waals surface area contributed by atoms with Crippen molar-refractivity contribution in [3.05, 3.63) is 84.1 Å². The Kier molecular flexibility index (Phi) is 8.62. The summed E-state index contributed by atoms with van der Waals surface area (Å²) in [5, 5.41) is 5.49. The van der Waals surface area contributed by atoms with Gasteiger partial charge in [0, 0.05) is 62.2 Å². The Balaban J connectivity index is 1.34. The molecule has 1 aromatic carbocycles. The fourth-order valence-electron chi connectivity index (χ4n) is 4.81. The van der Waals surface area contributed by atoms with Gasteiger partial charge in [0.2, 0.25) is 5.95 Å². The Morgan fingerprint density at radius 1 is 0.976 bits per heavy atom. The number of piperazine rings is 1. The number of aryl methyl sites for hydroxylation is 1. The third-order valence-electron chi connectivity index (χ3n) is 7.04. The third kappa shape index (κ3) is 6.82. The predicted octanol–water partition coefficient (Wildman–Crippen LogP) is 5.79. The molecular formula is C30H31F3N8O. The Morgan fingerprint density at radius 2 is 1.79 bits per heavy atom. The second-order valence-corrected chi connectivity index (χ2v) is 10.00. The molecule has 218 valence electrons. The fourth-order valence-corrected chi connectivity index (χ4v) is 4.81. The summed E-state index contributed by atoms with van der Waals surface area (Å²) >= 11 is 0. The fraction of sp³-hybridized carbons (Fsp3) is 0.300. The summed E-state index contributed by atoms with van der Waals surface area (Å²) in [6, 6.07) is 11.0. The number of nitrogens with zero attached hydrogens (tertiary/aromatic N) is 6. The van der Waals surface area contributed by atoms with Gasteiger partial charge in [-0.25, -0.2) is 9.97 Å². The van der Waals surface area contributed by atoms with Gasteiger partial charge in [0.05, 0.1) is 33.9 Å². The monoisotopic (exact) mass is 576 g/mol. The molecule has 1 saturated heterocycles. The van der Waals surface area contributed by atoms with Crippen LogP contribution in [0.5, 0.6) is 0 Å². The minimum atomic E-state index is -4.66. The number of nitrogens with one attached hydrogen (secondary N) is 2. The molecule has 12 heteroatoms. The van der Waals surface area contributed by atoms with Crippen molar-refractivity contribution >= 4 is 28.9 Å². The van der Waals surface area contributed by atoms with Crippen molar-refractivity contribution in [2.75, 3.05) is 48.3 Å². The van der Waals surface area contributed by atoms with Gasteiger partial charge in [-0.3, -0.25) is 19.7 Å². The lowest BCUT2D eigenvalue weighted by Crippen LogP contribution is -2.46. The van der Waals surface area contributed by atoms with Gasteiger partial charge in [-0.2, -0.15) is 13.2 Å². The van der Waals surface area contributed by atoms with Gasteiger partial charge in [-0.15, -0.1) is 0 Å². The van der Waals surface area contributed by atoms with Crippen LogP contribution in [0.3, 0.4) is 0 Å². The topological polar surface area (TPSA) is 99.2 Å². The van der Waals surface area contributed by atoms with E-state index in [-0.39, 0.29) is 17.2 Å². The number of hydrogen-bond acceptors (Lipinski definition) is 8. The molecule has 0 spiro atoms. The van der Waals surface area contributed by atoms with Crippen LogP contribution in [-0.4, -0.2) is 63.5 Å². The van der Waals surface area contributed by atoms with E-state index in [2.05, 4.69) is 42.4 Å². The molecule has 42 heavy (non-hydrogen) atoms. The highest BCUT2D eigenvalue weighted by molar-refractivity contribution is 6.05. The summed E-state index contributed by atoms with van der Waals surface area (Å²) in [6.45, 7) is 7.69. The van der Waals surface area contributed by atoms with Gasteiger partial charge < -0.3 is 15.5 Å². The van der Waals surface area contributed by atoms with Crippen LogP contribution in [0.2, 0.25) is 0 Å². The minimum absolute atomic E-state index is 0.0794. The number of carbonyl (C=O) groups excluding carboxylic acids is 1. The predicted molar refractivity (Wildman–Crippen MR) is 156 cm³/mol. The van der Waals surface area contributed by atoms with E-state index in [1.165, 1.54) is 18.3 Å². The molecular weight excluding hydrogens is 545 g/mol. The van der Waals surface area contributed by atoms with Crippen LogP contribution in [-0.2, 0) is 6.18 Å². The van der Waals surface area contributed by atoms with Crippen molar-refractivity contribution in [1.82, 2.24) is 24.8 Å². The maximum atomic E-state index is 14.1. The molecule has 0 bridgehead atoms. The molecule has 3 aromatic heterocycles. The molecule has 5 rings (SSSR count). The average molecular weight is 577 g/mol. The number of aromatic nitrogens is 4. The highest BCUT2D eigenvalue weighted by Gasteiger charge is 2.35. The quantitative estimate of drug-likeness (QED) is 0.272. The summed E-state index contributed by atoms with van der Waals surface area (Å²) in [7, 11) is 0. The maximum absolute atomic E-state index is 14.1. The second-order valence-electron chi connectivity index (χ2n) is 10.00. The normalized spacial score (nSPS) is 14.1. The van der Waals surface area contributed by atoms with E-state index in [1.54, 1.807) is 43.7 Å². The third-order valence-corrected chi connectivity index (χ3v) is 7.04. The number of amides is 1. The molecule has 0 aliphatic carbocycles. The minimum Gasteiger partial charge on any atom is -0.369 e. The number of hydrogen-bond donors (Lipinski definition) is 2. The van der Waals surface area contributed by atoms with Crippen molar-refractivity contribution in [2.45, 2.75) is 26.4 Å². The smallest absolute Gasteiger partial charge is 0.369 e. The van der Waals surface area contributed by atoms with Gasteiger partial charge in [0.25, 0.3) is 5.91 Å². The van der Waals surface area contributed by atoms with Crippen LogP contribution in [0.15, 0.2) is 67.3 Å². The maximum Gasteiger partial charge on any atom is 0.418 e. The summed E-state index contributed by atoms with van der Waals surface area (Å²) in [5.74, 6) is -0.453. The first-order valence-electron chi connectivity index (χ1n) is 13.7. The molecule has 1 aliphatic heterocycles. The van der Waals surface area contributed by atoms with Gasteiger partial charge in [0.1, 0.15) is 0 Å². The Bertz CT molecular complexity index is 1540. The van der Waals surface area contributed by atoms with Gasteiger partial charge in [-0.1, -0.05) is 6.92 Å². The van der Waals surface area contributed by atoms with Crippen molar-refractivity contribution < 1.29 is 18.0 Å². The van der Waals surface area contributed by atoms with Crippen molar-refractivity contribution in [3.8, 4) is 11.3 Å². The zero-order valence-corrected chi connectivity index (χ0v) is 23.3. The van der Waals surface area contributed by atoms with E-state index in [1.807, 2.05) is 11.0 Å². The van der Waals surface area contributed by atoms with E-state index in [0.29, 0.717) is 35.9 Å². The first-order valence-corrected chi connectivity index (χ1v) is 13.7. The van der Waals surface area contributed by atoms with Gasteiger partial charge in [0.15, 0.2) is 0 Å². The highest BCUT2D eigenvalue weighted by Crippen LogP contribution is 2.38. The lowest BCUT2D eigenvalue weighted by atomic mass is 10.1. The largest absolute Gasteiger partial charge is 0.418 e. The molecule has 2 N–H and O–H groups in total. The summed E-state index contributed by atoms with van der Waals surface area (Å²) in [5.41, 5.74) is 1.79. The Hall–Kier alpha value is -4.58. The molecule has 0 unspecified atom stereocenters. The molecule has 4 heterocycles. The van der Waals surface area contributed by atoms with Crippen LogP contribution < -0.4 is 15.5 Å². The lowest BCUT2D eigenvalue weighted by Gasteiger charge is -2.36. The van der Waals surface area contributed by atoms with Gasteiger partial charge in [-0.05, 0) is 62.4 Å². The van der Waals surface area contributed by atoms with Crippen LogP contribution in [0, 0.1) is 6.92 Å². The summed E-state index contributed by atoms with van der Waals surface area (Å²) in [4.78, 5) is 34.5. The number of carbonyl (C=O) groups is 1. The molecule has 4 aromatic rings. The molecule has 9 nitrogen and oxygen atoms in total. The number of pyridine rings is 2. The molecule has 0 radical (unpaired) electrons. The first kappa shape index (κ1) is 28.9. The van der Waals surface area contributed by atoms with Crippen LogP contribution in [0.1, 0.15) is 35.0 Å². The average Bonchev–Trinajstić information content (AvgIpc) is 2.99. The summed E-state index contributed by atoms with van der Waals surface area (Å²) in [6.07, 6.45) is 2.63. The molecule has 1 aliphatic rings. The first-order chi connectivity index (χ1) is 20.2. The van der Waals surface area contributed by atoms with E-state index in [9.17, 15) is 18.0 Å². The second kappa shape index (κ2) is 12.5. The zero-order valence-electron chi connectivity index (χ0n) is 23.3. The zero-order chi connectivity index (χ0) is 29.7. The lowest BCUT2D eigenvalue weighted by molar-refractivity contribution is -0.136. The van der Waals surface area contributed by atoms with Crippen LogP contribution in [0.25, 0.3) is 11.3 Å². The number of rotatable bonds is 8. The van der Waals surface area contributed by atoms with E-state index in [4.69, 9.17) is 0 Å². The number of alkyl halides is 3. The molecule has 0 atom stereocenters. The van der Waals surface area contributed by atoms with Crippen LogP contribution >= 0.6 is 0 Å². The summed E-state index contributed by atoms with van der Waals surface area (Å²) < 4.78 is 42.3. The highest BCUT2D eigenvalue weighted by atomic mass is 19.4. The standard InChI is InChI=1S/C30H31F3N8O/c1-3-11-40-12-14-41(15-13-40)23-6-7-26(24(17-23)30(31,32)33)37-28(42)22-16-27(20(2)36-19-22)39-29-35-10-8-25(38-29)21-5-4-9-34-18-21/h4-10,16-19H,3,11-15H2,1-2H3,(H,37,42)(H,35,38,39). The van der Waals surface area contributed by atoms with Gasteiger partial charge >= 0.3 is 6.18 Å². The number of halogens is 3. The number of benzene rings is 1.